The first-order chi connectivity index (χ1) is 8.72. The van der Waals surface area contributed by atoms with Crippen LogP contribution in [0.5, 0.6) is 0 Å². The fourth-order valence-electron chi connectivity index (χ4n) is 1.77. The third-order valence-corrected chi connectivity index (χ3v) is 2.70. The summed E-state index contributed by atoms with van der Waals surface area (Å²) in [5.41, 5.74) is 1.25. The lowest BCUT2D eigenvalue weighted by atomic mass is 10.1. The molecule has 2 N–H and O–H groups in total. The molecule has 2 aromatic heterocycles. The number of aromatic nitrogens is 3. The van der Waals surface area contributed by atoms with Crippen molar-refractivity contribution in [1.29, 1.82) is 0 Å². The van der Waals surface area contributed by atoms with Gasteiger partial charge in [0.15, 0.2) is 0 Å². The van der Waals surface area contributed by atoms with E-state index in [9.17, 15) is 4.79 Å². The Morgan fingerprint density at radius 2 is 2.39 bits per heavy atom. The first-order valence-corrected chi connectivity index (χ1v) is 5.94. The van der Waals surface area contributed by atoms with Crippen molar-refractivity contribution in [2.45, 2.75) is 26.7 Å². The standard InChI is InChI=1S/C12H16N4O2/c1-3-9-11(8(2)18-16-9)12(17)15-5-4-10-13-6-7-14-10/h6-7H,3-5H2,1-2H3,(H,13,14)(H,15,17). The molecular formula is C12H16N4O2. The van der Waals surface area contributed by atoms with Crippen molar-refractivity contribution in [2.75, 3.05) is 6.54 Å². The highest BCUT2D eigenvalue weighted by molar-refractivity contribution is 5.96. The van der Waals surface area contributed by atoms with Crippen LogP contribution in [0.2, 0.25) is 0 Å². The summed E-state index contributed by atoms with van der Waals surface area (Å²) in [6.07, 6.45) is 4.80. The molecule has 96 valence electrons. The van der Waals surface area contributed by atoms with Gasteiger partial charge in [-0.05, 0) is 13.3 Å². The van der Waals surface area contributed by atoms with Crippen LogP contribution in [0.3, 0.4) is 0 Å². The Labute approximate surface area is 105 Å². The Balaban J connectivity index is 1.93. The second kappa shape index (κ2) is 5.48. The van der Waals surface area contributed by atoms with E-state index < -0.39 is 0 Å². The van der Waals surface area contributed by atoms with Crippen molar-refractivity contribution in [3.8, 4) is 0 Å². The molecule has 0 saturated heterocycles. The van der Waals surface area contributed by atoms with E-state index in [-0.39, 0.29) is 5.91 Å². The lowest BCUT2D eigenvalue weighted by Gasteiger charge is -2.03. The third kappa shape index (κ3) is 2.58. The Morgan fingerprint density at radius 3 is 3.06 bits per heavy atom. The molecule has 1 amide bonds. The summed E-state index contributed by atoms with van der Waals surface area (Å²) < 4.78 is 5.03. The van der Waals surface area contributed by atoms with Gasteiger partial charge in [0.1, 0.15) is 17.1 Å². The predicted octanol–water partition coefficient (Wildman–Crippen LogP) is 1.24. The largest absolute Gasteiger partial charge is 0.361 e. The maximum atomic E-state index is 12.0. The number of imidazole rings is 1. The molecule has 2 heterocycles. The summed E-state index contributed by atoms with van der Waals surface area (Å²) in [6, 6.07) is 0. The molecule has 0 aromatic carbocycles. The zero-order valence-electron chi connectivity index (χ0n) is 10.5. The molecule has 0 unspecified atom stereocenters. The molecule has 0 radical (unpaired) electrons. The minimum atomic E-state index is -0.142. The molecule has 0 aliphatic rings. The highest BCUT2D eigenvalue weighted by Crippen LogP contribution is 2.13. The van der Waals surface area contributed by atoms with Gasteiger partial charge in [-0.25, -0.2) is 4.98 Å². The van der Waals surface area contributed by atoms with E-state index in [4.69, 9.17) is 4.52 Å². The van der Waals surface area contributed by atoms with Crippen LogP contribution in [0.25, 0.3) is 0 Å². The summed E-state index contributed by atoms with van der Waals surface area (Å²) >= 11 is 0. The number of rotatable bonds is 5. The topological polar surface area (TPSA) is 83.8 Å². The highest BCUT2D eigenvalue weighted by Gasteiger charge is 2.18. The fraction of sp³-hybridized carbons (Fsp3) is 0.417. The normalized spacial score (nSPS) is 10.6. The van der Waals surface area contributed by atoms with E-state index >= 15 is 0 Å². The van der Waals surface area contributed by atoms with Crippen LogP contribution in [-0.4, -0.2) is 27.6 Å². The van der Waals surface area contributed by atoms with Gasteiger partial charge in [-0.15, -0.1) is 0 Å². The Kier molecular flexibility index (Phi) is 3.76. The second-order valence-corrected chi connectivity index (χ2v) is 3.96. The summed E-state index contributed by atoms with van der Waals surface area (Å²) in [6.45, 7) is 4.21. The van der Waals surface area contributed by atoms with Gasteiger partial charge in [-0.2, -0.15) is 0 Å². The van der Waals surface area contributed by atoms with Gasteiger partial charge in [0, 0.05) is 25.4 Å². The van der Waals surface area contributed by atoms with Gasteiger partial charge in [0.25, 0.3) is 5.91 Å². The smallest absolute Gasteiger partial charge is 0.256 e. The summed E-state index contributed by atoms with van der Waals surface area (Å²) in [5, 5.41) is 6.70. The second-order valence-electron chi connectivity index (χ2n) is 3.96. The van der Waals surface area contributed by atoms with Crippen molar-refractivity contribution in [1.82, 2.24) is 20.4 Å². The number of carbonyl (C=O) groups excluding carboxylic acids is 1. The van der Waals surface area contributed by atoms with Gasteiger partial charge in [-0.3, -0.25) is 4.79 Å². The Hall–Kier alpha value is -2.11. The van der Waals surface area contributed by atoms with Crippen LogP contribution < -0.4 is 5.32 Å². The van der Waals surface area contributed by atoms with E-state index in [2.05, 4.69) is 20.4 Å². The molecule has 2 aromatic rings. The third-order valence-electron chi connectivity index (χ3n) is 2.70. The summed E-state index contributed by atoms with van der Waals surface area (Å²) in [5.74, 6) is 1.27. The molecule has 0 aliphatic carbocycles. The van der Waals surface area contributed by atoms with Crippen LogP contribution >= 0.6 is 0 Å². The first kappa shape index (κ1) is 12.3. The van der Waals surface area contributed by atoms with E-state index in [1.165, 1.54) is 0 Å². The van der Waals surface area contributed by atoms with Gasteiger partial charge < -0.3 is 14.8 Å². The molecule has 0 bridgehead atoms. The van der Waals surface area contributed by atoms with Crippen LogP contribution in [0.1, 0.15) is 34.6 Å². The van der Waals surface area contributed by atoms with Crippen molar-refractivity contribution in [3.63, 3.8) is 0 Å². The minimum Gasteiger partial charge on any atom is -0.361 e. The lowest BCUT2D eigenvalue weighted by Crippen LogP contribution is -2.27. The van der Waals surface area contributed by atoms with Crippen LogP contribution in [0.4, 0.5) is 0 Å². The number of hydrogen-bond acceptors (Lipinski definition) is 4. The van der Waals surface area contributed by atoms with Crippen molar-refractivity contribution in [2.24, 2.45) is 0 Å². The van der Waals surface area contributed by atoms with Crippen LogP contribution in [-0.2, 0) is 12.8 Å². The zero-order chi connectivity index (χ0) is 13.0. The summed E-state index contributed by atoms with van der Waals surface area (Å²) in [4.78, 5) is 19.1. The number of nitrogens with one attached hydrogen (secondary N) is 2. The number of amides is 1. The zero-order valence-corrected chi connectivity index (χ0v) is 10.5. The minimum absolute atomic E-state index is 0.142. The maximum Gasteiger partial charge on any atom is 0.256 e. The van der Waals surface area contributed by atoms with Crippen molar-refractivity contribution in [3.05, 3.63) is 35.2 Å². The number of aromatic amines is 1. The Bertz CT molecular complexity index is 516. The molecular weight excluding hydrogens is 232 g/mol. The van der Waals surface area contributed by atoms with Gasteiger partial charge >= 0.3 is 0 Å². The predicted molar refractivity (Wildman–Crippen MR) is 65.2 cm³/mol. The molecule has 0 fully saturated rings. The maximum absolute atomic E-state index is 12.0. The van der Waals surface area contributed by atoms with Gasteiger partial charge in [-0.1, -0.05) is 12.1 Å². The number of aryl methyl sites for hydroxylation is 2. The van der Waals surface area contributed by atoms with Gasteiger partial charge in [0.05, 0.1) is 5.69 Å². The molecule has 2 rings (SSSR count). The van der Waals surface area contributed by atoms with E-state index in [0.29, 0.717) is 36.4 Å². The number of hydrogen-bond donors (Lipinski definition) is 2. The van der Waals surface area contributed by atoms with Crippen LogP contribution in [0.15, 0.2) is 16.9 Å². The Morgan fingerprint density at radius 1 is 1.56 bits per heavy atom. The van der Waals surface area contributed by atoms with Crippen LogP contribution in [0, 0.1) is 6.92 Å². The number of carbonyl (C=O) groups is 1. The first-order valence-electron chi connectivity index (χ1n) is 5.94. The number of nitrogens with zero attached hydrogens (tertiary/aromatic N) is 2. The highest BCUT2D eigenvalue weighted by atomic mass is 16.5. The molecule has 0 saturated carbocycles. The molecule has 6 nitrogen and oxygen atoms in total. The fourth-order valence-corrected chi connectivity index (χ4v) is 1.77. The lowest BCUT2D eigenvalue weighted by molar-refractivity contribution is 0.0951. The van der Waals surface area contributed by atoms with Crippen molar-refractivity contribution < 1.29 is 9.32 Å². The summed E-state index contributed by atoms with van der Waals surface area (Å²) in [7, 11) is 0. The molecule has 0 aliphatic heterocycles. The average Bonchev–Trinajstić information content (AvgIpc) is 2.98. The number of H-pyrrole nitrogens is 1. The monoisotopic (exact) mass is 248 g/mol. The molecule has 0 spiro atoms. The SMILES string of the molecule is CCc1noc(C)c1C(=O)NCCc1ncc[nH]1. The van der Waals surface area contributed by atoms with E-state index in [1.54, 1.807) is 19.3 Å². The van der Waals surface area contributed by atoms with Gasteiger partial charge in [0.2, 0.25) is 0 Å². The molecule has 18 heavy (non-hydrogen) atoms. The molecule has 0 atom stereocenters. The van der Waals surface area contributed by atoms with Crippen molar-refractivity contribution >= 4 is 5.91 Å². The quantitative estimate of drug-likeness (QED) is 0.833. The van der Waals surface area contributed by atoms with E-state index in [1.807, 2.05) is 6.92 Å². The average molecular weight is 248 g/mol. The molecule has 6 heteroatoms. The van der Waals surface area contributed by atoms with E-state index in [0.717, 1.165) is 5.82 Å².